The van der Waals surface area contributed by atoms with E-state index in [9.17, 15) is 9.18 Å². The van der Waals surface area contributed by atoms with Crippen molar-refractivity contribution in [2.75, 3.05) is 13.7 Å². The minimum atomic E-state index is -0.532. The van der Waals surface area contributed by atoms with Gasteiger partial charge in [-0.15, -0.1) is 0 Å². The lowest BCUT2D eigenvalue weighted by molar-refractivity contribution is 0.0785. The molecule has 0 saturated carbocycles. The maximum Gasteiger partial charge on any atom is 0.254 e. The van der Waals surface area contributed by atoms with Gasteiger partial charge in [-0.25, -0.2) is 4.98 Å². The molecular formula is C21H20FN5O2. The van der Waals surface area contributed by atoms with Gasteiger partial charge in [0, 0.05) is 24.5 Å². The van der Waals surface area contributed by atoms with Crippen molar-refractivity contribution in [2.45, 2.75) is 13.5 Å². The van der Waals surface area contributed by atoms with E-state index in [-0.39, 0.29) is 5.91 Å². The molecule has 0 atom stereocenters. The summed E-state index contributed by atoms with van der Waals surface area (Å²) >= 11 is 0. The summed E-state index contributed by atoms with van der Waals surface area (Å²) in [6.07, 6.45) is 2.86. The van der Waals surface area contributed by atoms with Crippen LogP contribution in [0, 0.1) is 5.95 Å². The third-order valence-corrected chi connectivity index (χ3v) is 4.65. The maximum absolute atomic E-state index is 13.3. The number of fused-ring (bicyclic) bond motifs is 1. The van der Waals surface area contributed by atoms with E-state index < -0.39 is 5.95 Å². The summed E-state index contributed by atoms with van der Waals surface area (Å²) in [5.41, 5.74) is 2.96. The molecule has 2 N–H and O–H groups in total. The number of nitrogens with zero attached hydrogens (tertiary/aromatic N) is 3. The molecule has 0 radical (unpaired) electrons. The molecule has 4 aromatic rings. The zero-order chi connectivity index (χ0) is 20.4. The molecule has 0 aliphatic heterocycles. The van der Waals surface area contributed by atoms with Crippen LogP contribution in [0.3, 0.4) is 0 Å². The first-order chi connectivity index (χ1) is 14.1. The Morgan fingerprint density at radius 1 is 1.24 bits per heavy atom. The number of carbonyl (C=O) groups excluding carboxylic acids is 1. The zero-order valence-electron chi connectivity index (χ0n) is 16.1. The molecule has 0 bridgehead atoms. The molecular weight excluding hydrogens is 373 g/mol. The van der Waals surface area contributed by atoms with E-state index in [0.717, 1.165) is 22.7 Å². The Bertz CT molecular complexity index is 1170. The SMILES string of the molecule is CCOc1cc(C(=O)N(C)Cc2cccc3cn[nH]c23)ccc1-c1ncc(F)[nH]1. The number of halogens is 1. The number of H-pyrrole nitrogens is 2. The molecule has 0 saturated heterocycles. The molecule has 1 amide bonds. The highest BCUT2D eigenvalue weighted by Crippen LogP contribution is 2.30. The quantitative estimate of drug-likeness (QED) is 0.522. The smallest absolute Gasteiger partial charge is 0.254 e. The standard InChI is InChI=1S/C21H20FN5O2/c1-3-29-17-9-13(7-8-16(17)20-23-11-18(22)25-20)21(28)27(2)12-15-6-4-5-14-10-24-26-19(14)15/h4-11H,3,12H2,1-2H3,(H,23,25)(H,24,26). The summed E-state index contributed by atoms with van der Waals surface area (Å²) < 4.78 is 19.0. The second kappa shape index (κ2) is 7.75. The monoisotopic (exact) mass is 393 g/mol. The Morgan fingerprint density at radius 2 is 2.10 bits per heavy atom. The Labute approximate surface area is 166 Å². The van der Waals surface area contributed by atoms with Crippen molar-refractivity contribution in [1.82, 2.24) is 25.1 Å². The fraction of sp³-hybridized carbons (Fsp3) is 0.190. The largest absolute Gasteiger partial charge is 0.493 e. The Hall–Kier alpha value is -3.68. The average molecular weight is 393 g/mol. The van der Waals surface area contributed by atoms with Crippen molar-refractivity contribution in [3.8, 4) is 17.1 Å². The normalized spacial score (nSPS) is 11.0. The molecule has 8 heteroatoms. The maximum atomic E-state index is 13.3. The van der Waals surface area contributed by atoms with E-state index in [4.69, 9.17) is 4.74 Å². The van der Waals surface area contributed by atoms with Gasteiger partial charge >= 0.3 is 0 Å². The third-order valence-electron chi connectivity index (χ3n) is 4.65. The fourth-order valence-corrected chi connectivity index (χ4v) is 3.27. The molecule has 0 unspecified atom stereocenters. The molecule has 2 heterocycles. The number of aromatic nitrogens is 4. The molecule has 2 aromatic carbocycles. The van der Waals surface area contributed by atoms with E-state index in [1.165, 1.54) is 0 Å². The van der Waals surface area contributed by atoms with Gasteiger partial charge in [-0.3, -0.25) is 9.89 Å². The topological polar surface area (TPSA) is 86.9 Å². The first-order valence-electron chi connectivity index (χ1n) is 9.21. The van der Waals surface area contributed by atoms with E-state index >= 15 is 0 Å². The second-order valence-electron chi connectivity index (χ2n) is 6.64. The van der Waals surface area contributed by atoms with E-state index in [2.05, 4.69) is 20.2 Å². The number of hydrogen-bond donors (Lipinski definition) is 2. The molecule has 7 nitrogen and oxygen atoms in total. The van der Waals surface area contributed by atoms with Gasteiger partial charge < -0.3 is 14.6 Å². The Balaban J connectivity index is 1.60. The molecule has 0 aliphatic carbocycles. The van der Waals surface area contributed by atoms with Crippen LogP contribution in [0.25, 0.3) is 22.3 Å². The number of carbonyl (C=O) groups is 1. The molecule has 2 aromatic heterocycles. The third kappa shape index (κ3) is 3.69. The number of imidazole rings is 1. The lowest BCUT2D eigenvalue weighted by Gasteiger charge is -2.19. The molecule has 0 fully saturated rings. The van der Waals surface area contributed by atoms with Crippen LogP contribution in [0.5, 0.6) is 5.75 Å². The number of aromatic amines is 2. The van der Waals surface area contributed by atoms with Crippen LogP contribution in [-0.4, -0.2) is 44.6 Å². The van der Waals surface area contributed by atoms with Gasteiger partial charge in [-0.1, -0.05) is 18.2 Å². The van der Waals surface area contributed by atoms with Crippen LogP contribution in [-0.2, 0) is 6.54 Å². The van der Waals surface area contributed by atoms with Crippen LogP contribution >= 0.6 is 0 Å². The van der Waals surface area contributed by atoms with Crippen molar-refractivity contribution in [2.24, 2.45) is 0 Å². The van der Waals surface area contributed by atoms with Gasteiger partial charge in [0.2, 0.25) is 5.95 Å². The van der Waals surface area contributed by atoms with Crippen LogP contribution < -0.4 is 4.74 Å². The van der Waals surface area contributed by atoms with Gasteiger partial charge in [0.25, 0.3) is 5.91 Å². The summed E-state index contributed by atoms with van der Waals surface area (Å²) in [6.45, 7) is 2.68. The van der Waals surface area contributed by atoms with Crippen molar-refractivity contribution in [1.29, 1.82) is 0 Å². The number of rotatable bonds is 6. The molecule has 148 valence electrons. The molecule has 29 heavy (non-hydrogen) atoms. The van der Waals surface area contributed by atoms with Gasteiger partial charge in [0.15, 0.2) is 0 Å². The Morgan fingerprint density at radius 3 is 2.86 bits per heavy atom. The summed E-state index contributed by atoms with van der Waals surface area (Å²) in [7, 11) is 1.74. The van der Waals surface area contributed by atoms with Crippen molar-refractivity contribution < 1.29 is 13.9 Å². The summed E-state index contributed by atoms with van der Waals surface area (Å²) in [6, 6.07) is 10.9. The number of nitrogens with one attached hydrogen (secondary N) is 2. The predicted octanol–water partition coefficient (Wildman–Crippen LogP) is 3.76. The Kier molecular flexibility index (Phi) is 4.99. The van der Waals surface area contributed by atoms with Crippen LogP contribution in [0.4, 0.5) is 4.39 Å². The van der Waals surface area contributed by atoms with Crippen molar-refractivity contribution in [3.63, 3.8) is 0 Å². The van der Waals surface area contributed by atoms with Gasteiger partial charge in [-0.05, 0) is 30.7 Å². The lowest BCUT2D eigenvalue weighted by Crippen LogP contribution is -2.26. The first kappa shape index (κ1) is 18.7. The summed E-state index contributed by atoms with van der Waals surface area (Å²) in [5.74, 6) is 0.135. The molecule has 4 rings (SSSR count). The van der Waals surface area contributed by atoms with Crippen molar-refractivity contribution >= 4 is 16.8 Å². The summed E-state index contributed by atoms with van der Waals surface area (Å²) in [5, 5.41) is 8.04. The van der Waals surface area contributed by atoms with E-state index in [1.807, 2.05) is 25.1 Å². The minimum Gasteiger partial charge on any atom is -0.493 e. The number of hydrogen-bond acceptors (Lipinski definition) is 4. The molecule has 0 spiro atoms. The minimum absolute atomic E-state index is 0.153. The fourth-order valence-electron chi connectivity index (χ4n) is 3.27. The second-order valence-corrected chi connectivity index (χ2v) is 6.64. The molecule has 0 aliphatic rings. The van der Waals surface area contributed by atoms with Gasteiger partial charge in [0.05, 0.1) is 30.1 Å². The number of amides is 1. The summed E-state index contributed by atoms with van der Waals surface area (Å²) in [4.78, 5) is 21.2. The van der Waals surface area contributed by atoms with E-state index in [0.29, 0.717) is 35.9 Å². The van der Waals surface area contributed by atoms with Crippen LogP contribution in [0.1, 0.15) is 22.8 Å². The number of ether oxygens (including phenoxy) is 1. The predicted molar refractivity (Wildman–Crippen MR) is 107 cm³/mol. The van der Waals surface area contributed by atoms with Gasteiger partial charge in [-0.2, -0.15) is 9.49 Å². The average Bonchev–Trinajstić information content (AvgIpc) is 3.37. The highest BCUT2D eigenvalue weighted by molar-refractivity contribution is 5.95. The highest BCUT2D eigenvalue weighted by atomic mass is 19.1. The zero-order valence-corrected chi connectivity index (χ0v) is 16.1. The van der Waals surface area contributed by atoms with Crippen LogP contribution in [0.2, 0.25) is 0 Å². The van der Waals surface area contributed by atoms with E-state index in [1.54, 1.807) is 36.3 Å². The first-order valence-corrected chi connectivity index (χ1v) is 9.21. The lowest BCUT2D eigenvalue weighted by atomic mass is 10.1. The van der Waals surface area contributed by atoms with Gasteiger partial charge in [0.1, 0.15) is 11.6 Å². The highest BCUT2D eigenvalue weighted by Gasteiger charge is 2.18. The van der Waals surface area contributed by atoms with Crippen LogP contribution in [0.15, 0.2) is 48.8 Å². The van der Waals surface area contributed by atoms with Crippen molar-refractivity contribution in [3.05, 3.63) is 65.9 Å². The number of para-hydroxylation sites is 1. The number of benzene rings is 2.